The maximum atomic E-state index is 12.6. The van der Waals surface area contributed by atoms with Gasteiger partial charge >= 0.3 is 0 Å². The van der Waals surface area contributed by atoms with E-state index < -0.39 is 0 Å². The van der Waals surface area contributed by atoms with Crippen molar-refractivity contribution in [2.75, 3.05) is 26.1 Å². The van der Waals surface area contributed by atoms with E-state index in [1.807, 2.05) is 49.4 Å². The van der Waals surface area contributed by atoms with Crippen LogP contribution in [0.3, 0.4) is 0 Å². The van der Waals surface area contributed by atoms with Crippen molar-refractivity contribution in [3.05, 3.63) is 66.2 Å². The third-order valence-corrected chi connectivity index (χ3v) is 5.25. The molecule has 4 rings (SSSR count). The summed E-state index contributed by atoms with van der Waals surface area (Å²) in [5.74, 6) is 3.27. The number of anilines is 1. The van der Waals surface area contributed by atoms with Crippen molar-refractivity contribution in [3.63, 3.8) is 0 Å². The molecular weight excluding hydrogens is 450 g/mol. The lowest BCUT2D eigenvalue weighted by Gasteiger charge is -2.14. The summed E-state index contributed by atoms with van der Waals surface area (Å²) in [7, 11) is 3.18. The summed E-state index contributed by atoms with van der Waals surface area (Å²) in [6.07, 6.45) is 2.12. The maximum Gasteiger partial charge on any atom is 0.227 e. The van der Waals surface area contributed by atoms with Gasteiger partial charge in [-0.25, -0.2) is 4.68 Å². The predicted molar refractivity (Wildman–Crippen MR) is 129 cm³/mol. The number of aromatic nitrogens is 4. The van der Waals surface area contributed by atoms with Crippen molar-refractivity contribution in [2.45, 2.75) is 26.3 Å². The fraction of sp³-hybridized carbons (Fsp3) is 0.280. The molecule has 10 heteroatoms. The molecule has 2 aromatic carbocycles. The van der Waals surface area contributed by atoms with E-state index in [1.54, 1.807) is 31.2 Å². The molecule has 0 fully saturated rings. The zero-order valence-electron chi connectivity index (χ0n) is 19.9. The largest absolute Gasteiger partial charge is 0.494 e. The van der Waals surface area contributed by atoms with Gasteiger partial charge in [0.25, 0.3) is 0 Å². The van der Waals surface area contributed by atoms with Crippen molar-refractivity contribution in [2.24, 2.45) is 0 Å². The number of amides is 1. The Labute approximate surface area is 202 Å². The monoisotopic (exact) mass is 477 g/mol. The number of nitrogens with one attached hydrogen (secondary N) is 1. The molecule has 0 radical (unpaired) electrons. The van der Waals surface area contributed by atoms with Crippen LogP contribution in [0.5, 0.6) is 17.2 Å². The number of hydrogen-bond acceptors (Lipinski definition) is 8. The summed E-state index contributed by atoms with van der Waals surface area (Å²) in [6.45, 7) is 2.93. The highest BCUT2D eigenvalue weighted by Crippen LogP contribution is 2.31. The van der Waals surface area contributed by atoms with E-state index >= 15 is 0 Å². The molecule has 0 bridgehead atoms. The summed E-state index contributed by atoms with van der Waals surface area (Å²) >= 11 is 0. The molecule has 0 saturated heterocycles. The number of methoxy groups -OCH3 is 2. The molecule has 0 unspecified atom stereocenters. The van der Waals surface area contributed by atoms with Crippen LogP contribution in [0.4, 0.5) is 5.82 Å². The molecule has 4 aromatic rings. The fourth-order valence-electron chi connectivity index (χ4n) is 3.57. The van der Waals surface area contributed by atoms with Crippen LogP contribution in [0, 0.1) is 0 Å². The molecule has 0 saturated carbocycles. The van der Waals surface area contributed by atoms with E-state index in [2.05, 4.69) is 20.6 Å². The van der Waals surface area contributed by atoms with E-state index in [-0.39, 0.29) is 12.3 Å². The van der Waals surface area contributed by atoms with Gasteiger partial charge in [-0.2, -0.15) is 10.1 Å². The van der Waals surface area contributed by atoms with Crippen molar-refractivity contribution in [1.29, 1.82) is 0 Å². The molecule has 1 N–H and O–H groups in total. The zero-order chi connectivity index (χ0) is 24.6. The summed E-state index contributed by atoms with van der Waals surface area (Å²) in [5, 5.41) is 11.2. The van der Waals surface area contributed by atoms with Gasteiger partial charge in [0.15, 0.2) is 11.5 Å². The van der Waals surface area contributed by atoms with E-state index in [0.29, 0.717) is 48.6 Å². The van der Waals surface area contributed by atoms with Gasteiger partial charge in [-0.3, -0.25) is 4.79 Å². The van der Waals surface area contributed by atoms with E-state index in [9.17, 15) is 4.79 Å². The van der Waals surface area contributed by atoms with Gasteiger partial charge in [-0.1, -0.05) is 17.3 Å². The summed E-state index contributed by atoms with van der Waals surface area (Å²) < 4.78 is 23.3. The van der Waals surface area contributed by atoms with Gasteiger partial charge in [0.2, 0.25) is 17.6 Å². The van der Waals surface area contributed by atoms with Crippen molar-refractivity contribution in [3.8, 4) is 28.6 Å². The normalized spacial score (nSPS) is 10.7. The van der Waals surface area contributed by atoms with Crippen LogP contribution >= 0.6 is 0 Å². The number of carbonyl (C=O) groups excluding carboxylic acids is 1. The first kappa shape index (κ1) is 23.8. The van der Waals surface area contributed by atoms with Crippen LogP contribution in [0.1, 0.15) is 24.8 Å². The number of aryl methyl sites for hydroxylation is 1. The molecule has 1 amide bonds. The number of hydrogen-bond donors (Lipinski definition) is 1. The van der Waals surface area contributed by atoms with Crippen molar-refractivity contribution < 1.29 is 23.5 Å². The minimum Gasteiger partial charge on any atom is -0.494 e. The van der Waals surface area contributed by atoms with Crippen LogP contribution in [-0.2, 0) is 17.8 Å². The van der Waals surface area contributed by atoms with Gasteiger partial charge in [0.05, 0.1) is 33.6 Å². The van der Waals surface area contributed by atoms with Crippen LogP contribution in [0.2, 0.25) is 0 Å². The molecule has 0 spiro atoms. The Morgan fingerprint density at radius 3 is 2.66 bits per heavy atom. The van der Waals surface area contributed by atoms with Gasteiger partial charge in [-0.05, 0) is 37.3 Å². The standard InChI is InChI=1S/C25H27N5O5/c1-4-34-19-10-8-17(9-11-19)25-28-23(35-29-25)13-12-22(31)27-21-14-15-26-30(21)16-18-6-5-7-20(32-2)24(18)33-3/h5-11,14-15H,4,12-13,16H2,1-3H3,(H,27,31). The highest BCUT2D eigenvalue weighted by atomic mass is 16.5. The fourth-order valence-corrected chi connectivity index (χ4v) is 3.57. The van der Waals surface area contributed by atoms with E-state index in [0.717, 1.165) is 16.9 Å². The van der Waals surface area contributed by atoms with Gasteiger partial charge in [0, 0.05) is 30.0 Å². The molecular formula is C25H27N5O5. The Hall–Kier alpha value is -4.34. The summed E-state index contributed by atoms with van der Waals surface area (Å²) in [4.78, 5) is 17.0. The average molecular weight is 478 g/mol. The second-order valence-electron chi connectivity index (χ2n) is 7.54. The Balaban J connectivity index is 1.35. The van der Waals surface area contributed by atoms with Crippen molar-refractivity contribution in [1.82, 2.24) is 19.9 Å². The molecule has 0 aliphatic rings. The molecule has 0 aliphatic heterocycles. The second-order valence-corrected chi connectivity index (χ2v) is 7.54. The first-order valence-corrected chi connectivity index (χ1v) is 11.2. The lowest BCUT2D eigenvalue weighted by atomic mass is 10.2. The molecule has 35 heavy (non-hydrogen) atoms. The minimum atomic E-state index is -0.190. The lowest BCUT2D eigenvalue weighted by molar-refractivity contribution is -0.116. The number of nitrogens with zero attached hydrogens (tertiary/aromatic N) is 4. The van der Waals surface area contributed by atoms with Crippen LogP contribution in [-0.4, -0.2) is 46.7 Å². The quantitative estimate of drug-likeness (QED) is 0.345. The number of rotatable bonds is 11. The summed E-state index contributed by atoms with van der Waals surface area (Å²) in [6, 6.07) is 14.8. The van der Waals surface area contributed by atoms with Gasteiger partial charge in [0.1, 0.15) is 11.6 Å². The number of para-hydroxylation sites is 1. The smallest absolute Gasteiger partial charge is 0.227 e. The average Bonchev–Trinajstić information content (AvgIpc) is 3.53. The number of carbonyl (C=O) groups is 1. The molecule has 10 nitrogen and oxygen atoms in total. The van der Waals surface area contributed by atoms with Crippen molar-refractivity contribution >= 4 is 11.7 Å². The third kappa shape index (κ3) is 5.78. The van der Waals surface area contributed by atoms with Crippen LogP contribution < -0.4 is 19.5 Å². The molecule has 0 aliphatic carbocycles. The van der Waals surface area contributed by atoms with Crippen LogP contribution in [0.25, 0.3) is 11.4 Å². The summed E-state index contributed by atoms with van der Waals surface area (Å²) in [5.41, 5.74) is 1.68. The number of benzene rings is 2. The van der Waals surface area contributed by atoms with Crippen LogP contribution in [0.15, 0.2) is 59.3 Å². The molecule has 0 atom stereocenters. The Bertz CT molecular complexity index is 1270. The first-order valence-electron chi connectivity index (χ1n) is 11.2. The topological polar surface area (TPSA) is 114 Å². The van der Waals surface area contributed by atoms with Gasteiger partial charge < -0.3 is 24.1 Å². The van der Waals surface area contributed by atoms with E-state index in [1.165, 1.54) is 0 Å². The SMILES string of the molecule is CCOc1ccc(-c2noc(CCC(=O)Nc3ccnn3Cc3cccc(OC)c3OC)n2)cc1. The third-order valence-electron chi connectivity index (χ3n) is 5.25. The highest BCUT2D eigenvalue weighted by molar-refractivity contribution is 5.89. The van der Waals surface area contributed by atoms with E-state index in [4.69, 9.17) is 18.7 Å². The Morgan fingerprint density at radius 1 is 1.09 bits per heavy atom. The Morgan fingerprint density at radius 2 is 1.91 bits per heavy atom. The maximum absolute atomic E-state index is 12.6. The Kier molecular flexibility index (Phi) is 7.61. The molecule has 2 heterocycles. The molecule has 182 valence electrons. The zero-order valence-corrected chi connectivity index (χ0v) is 19.9. The molecule has 2 aromatic heterocycles. The minimum absolute atomic E-state index is 0.179. The second kappa shape index (κ2) is 11.2. The van der Waals surface area contributed by atoms with Gasteiger partial charge in [-0.15, -0.1) is 0 Å². The highest BCUT2D eigenvalue weighted by Gasteiger charge is 2.15. The first-order chi connectivity index (χ1) is 17.1. The number of ether oxygens (including phenoxy) is 3. The lowest BCUT2D eigenvalue weighted by Crippen LogP contribution is -2.16. The predicted octanol–water partition coefficient (Wildman–Crippen LogP) is 3.97.